The molecule has 3 aromatic rings. The summed E-state index contributed by atoms with van der Waals surface area (Å²) in [7, 11) is 0. The summed E-state index contributed by atoms with van der Waals surface area (Å²) in [5.74, 6) is 1.58. The van der Waals surface area contributed by atoms with Crippen molar-refractivity contribution in [2.24, 2.45) is 0 Å². The molecule has 0 unspecified atom stereocenters. The summed E-state index contributed by atoms with van der Waals surface area (Å²) in [5, 5.41) is 0.934. The monoisotopic (exact) mass is 334 g/mol. The van der Waals surface area contributed by atoms with Gasteiger partial charge in [0, 0.05) is 28.3 Å². The van der Waals surface area contributed by atoms with Crippen molar-refractivity contribution in [3.05, 3.63) is 69.1 Å². The molecule has 0 fully saturated rings. The molecule has 0 N–H and O–H groups in total. The Balaban J connectivity index is 1.76. The van der Waals surface area contributed by atoms with Gasteiger partial charge in [0.05, 0.1) is 13.2 Å². The van der Waals surface area contributed by atoms with Crippen molar-refractivity contribution in [1.82, 2.24) is 0 Å². The Morgan fingerprint density at radius 1 is 0.960 bits per heavy atom. The lowest BCUT2D eigenvalue weighted by Gasteiger charge is -2.38. The van der Waals surface area contributed by atoms with Crippen LogP contribution in [0.15, 0.2) is 45.6 Å². The van der Waals surface area contributed by atoms with Gasteiger partial charge in [0.15, 0.2) is 0 Å². The van der Waals surface area contributed by atoms with Gasteiger partial charge in [-0.15, -0.1) is 0 Å². The lowest BCUT2D eigenvalue weighted by molar-refractivity contribution is 0.164. The highest BCUT2D eigenvalue weighted by atomic mass is 16.5. The fourth-order valence-electron chi connectivity index (χ4n) is 4.29. The van der Waals surface area contributed by atoms with Crippen molar-refractivity contribution in [2.45, 2.75) is 25.7 Å². The van der Waals surface area contributed by atoms with E-state index in [-0.39, 0.29) is 11.8 Å². The summed E-state index contributed by atoms with van der Waals surface area (Å²) in [4.78, 5) is 12.4. The quantitative estimate of drug-likeness (QED) is 0.582. The molecule has 0 amide bonds. The largest absolute Gasteiger partial charge is 0.492 e. The van der Waals surface area contributed by atoms with E-state index in [1.165, 1.54) is 11.1 Å². The molecular weight excluding hydrogens is 316 g/mol. The van der Waals surface area contributed by atoms with Crippen LogP contribution >= 0.6 is 0 Å². The lowest BCUT2D eigenvalue weighted by Crippen LogP contribution is -2.34. The predicted octanol–water partition coefficient (Wildman–Crippen LogP) is 4.06. The fraction of sp³-hybridized carbons (Fsp3) is 0.286. The van der Waals surface area contributed by atoms with Gasteiger partial charge < -0.3 is 13.9 Å². The smallest absolute Gasteiger partial charge is 0.379 e. The summed E-state index contributed by atoms with van der Waals surface area (Å²) in [6.07, 6.45) is 0. The van der Waals surface area contributed by atoms with E-state index in [0.29, 0.717) is 24.5 Å². The number of hydrogen-bond donors (Lipinski definition) is 0. The molecule has 25 heavy (non-hydrogen) atoms. The van der Waals surface area contributed by atoms with Crippen LogP contribution < -0.4 is 15.1 Å². The minimum Gasteiger partial charge on any atom is -0.492 e. The molecule has 5 rings (SSSR count). The van der Waals surface area contributed by atoms with Crippen molar-refractivity contribution in [3.8, 4) is 11.5 Å². The molecule has 2 aliphatic heterocycles. The molecule has 4 heteroatoms. The van der Waals surface area contributed by atoms with Gasteiger partial charge in [-0.1, -0.05) is 35.9 Å². The minimum atomic E-state index is -0.404. The van der Waals surface area contributed by atoms with Crippen LogP contribution in [-0.4, -0.2) is 13.2 Å². The second-order valence-electron chi connectivity index (χ2n) is 6.96. The third-order valence-corrected chi connectivity index (χ3v) is 5.33. The molecule has 0 spiro atoms. The first-order valence-corrected chi connectivity index (χ1v) is 8.56. The molecule has 2 atom stereocenters. The minimum absolute atomic E-state index is 0.0893. The lowest BCUT2D eigenvalue weighted by atomic mass is 9.77. The van der Waals surface area contributed by atoms with Gasteiger partial charge in [-0.2, -0.15) is 0 Å². The van der Waals surface area contributed by atoms with Crippen LogP contribution in [0.25, 0.3) is 11.0 Å². The van der Waals surface area contributed by atoms with E-state index < -0.39 is 5.63 Å². The Kier molecular flexibility index (Phi) is 2.99. The maximum Gasteiger partial charge on any atom is 0.379 e. The molecule has 2 aliphatic rings. The number of benzene rings is 2. The van der Waals surface area contributed by atoms with Gasteiger partial charge in [-0.25, -0.2) is 4.79 Å². The van der Waals surface area contributed by atoms with Crippen molar-refractivity contribution in [3.63, 3.8) is 0 Å². The number of fused-ring (bicyclic) bond motifs is 7. The molecular formula is C21H18O4. The van der Waals surface area contributed by atoms with Crippen LogP contribution in [0.2, 0.25) is 0 Å². The third-order valence-electron chi connectivity index (χ3n) is 5.33. The highest BCUT2D eigenvalue weighted by molar-refractivity contribution is 5.83. The molecule has 126 valence electrons. The number of hydrogen-bond acceptors (Lipinski definition) is 4. The molecule has 0 saturated carbocycles. The van der Waals surface area contributed by atoms with Crippen molar-refractivity contribution >= 4 is 11.0 Å². The van der Waals surface area contributed by atoms with Crippen LogP contribution in [0.1, 0.15) is 34.1 Å². The summed E-state index contributed by atoms with van der Waals surface area (Å²) >= 11 is 0. The first kappa shape index (κ1) is 14.6. The molecule has 3 heterocycles. The summed E-state index contributed by atoms with van der Waals surface area (Å²) < 4.78 is 17.5. The second-order valence-corrected chi connectivity index (χ2v) is 6.96. The maximum absolute atomic E-state index is 12.4. The molecule has 0 bridgehead atoms. The van der Waals surface area contributed by atoms with E-state index in [1.807, 2.05) is 24.3 Å². The van der Waals surface area contributed by atoms with Gasteiger partial charge in [-0.3, -0.25) is 0 Å². The van der Waals surface area contributed by atoms with Crippen LogP contribution in [-0.2, 0) is 0 Å². The summed E-state index contributed by atoms with van der Waals surface area (Å²) in [5.41, 5.74) is 4.66. The highest BCUT2D eigenvalue weighted by Gasteiger charge is 2.40. The first-order chi connectivity index (χ1) is 12.1. The molecule has 0 aliphatic carbocycles. The second kappa shape index (κ2) is 5.12. The standard InChI is InChI=1S/C21H18O4/c1-11-7-12(2)19-14(8-11)15-9-24-20-18(16(15)10-23-19)13-5-3-4-6-17(13)25-21(20)22/h3-8,15-16H,9-10H2,1-2H3/t15-,16+/m0/s1. The van der Waals surface area contributed by atoms with Crippen LogP contribution in [0.4, 0.5) is 0 Å². The Bertz CT molecular complexity index is 1060. The zero-order chi connectivity index (χ0) is 17.1. The topological polar surface area (TPSA) is 48.7 Å². The number of rotatable bonds is 0. The van der Waals surface area contributed by atoms with Gasteiger partial charge in [0.2, 0.25) is 5.75 Å². The van der Waals surface area contributed by atoms with Gasteiger partial charge in [0.25, 0.3) is 0 Å². The van der Waals surface area contributed by atoms with Crippen LogP contribution in [0.3, 0.4) is 0 Å². The summed E-state index contributed by atoms with van der Waals surface area (Å²) in [6, 6.07) is 12.0. The maximum atomic E-state index is 12.4. The van der Waals surface area contributed by atoms with Gasteiger partial charge in [0.1, 0.15) is 11.3 Å². The zero-order valence-corrected chi connectivity index (χ0v) is 14.2. The fourth-order valence-corrected chi connectivity index (χ4v) is 4.29. The Morgan fingerprint density at radius 3 is 2.60 bits per heavy atom. The summed E-state index contributed by atoms with van der Waals surface area (Å²) in [6.45, 7) is 5.19. The molecule has 0 saturated heterocycles. The Morgan fingerprint density at radius 2 is 1.72 bits per heavy atom. The number of ether oxygens (including phenoxy) is 2. The molecule has 1 aromatic heterocycles. The average molecular weight is 334 g/mol. The molecule has 4 nitrogen and oxygen atoms in total. The van der Waals surface area contributed by atoms with Crippen LogP contribution in [0.5, 0.6) is 11.5 Å². The normalized spacial score (nSPS) is 20.9. The van der Waals surface area contributed by atoms with Gasteiger partial charge >= 0.3 is 5.63 Å². The van der Waals surface area contributed by atoms with Crippen LogP contribution in [0, 0.1) is 13.8 Å². The number of para-hydroxylation sites is 1. The highest BCUT2D eigenvalue weighted by Crippen LogP contribution is 2.49. The van der Waals surface area contributed by atoms with Crippen molar-refractivity contribution in [1.29, 1.82) is 0 Å². The van der Waals surface area contributed by atoms with E-state index in [4.69, 9.17) is 13.9 Å². The Labute approximate surface area is 145 Å². The van der Waals surface area contributed by atoms with Gasteiger partial charge in [-0.05, 0) is 25.5 Å². The van der Waals surface area contributed by atoms with Crippen molar-refractivity contribution in [2.75, 3.05) is 13.2 Å². The zero-order valence-electron chi connectivity index (χ0n) is 14.2. The van der Waals surface area contributed by atoms with E-state index in [2.05, 4.69) is 26.0 Å². The SMILES string of the molecule is Cc1cc(C)c2c(c1)[C@@H]1COc3c(c4ccccc4oc3=O)[C@@H]1CO2. The van der Waals surface area contributed by atoms with E-state index >= 15 is 0 Å². The van der Waals surface area contributed by atoms with Crippen molar-refractivity contribution < 1.29 is 13.9 Å². The molecule has 2 aromatic carbocycles. The predicted molar refractivity (Wildman–Crippen MR) is 94.9 cm³/mol. The number of aryl methyl sites for hydroxylation is 2. The van der Waals surface area contributed by atoms with E-state index in [0.717, 1.165) is 22.3 Å². The van der Waals surface area contributed by atoms with E-state index in [9.17, 15) is 4.79 Å². The average Bonchev–Trinajstić information content (AvgIpc) is 2.61. The third kappa shape index (κ3) is 2.03. The van der Waals surface area contributed by atoms with E-state index in [1.54, 1.807) is 0 Å². The molecule has 0 radical (unpaired) electrons. The Hall–Kier alpha value is -2.75. The first-order valence-electron chi connectivity index (χ1n) is 8.56.